The number of benzene rings is 2. The zero-order chi connectivity index (χ0) is 13.7. The summed E-state index contributed by atoms with van der Waals surface area (Å²) in [7, 11) is 0. The zero-order valence-electron chi connectivity index (χ0n) is 10.4. The van der Waals surface area contributed by atoms with Crippen LogP contribution in [0.3, 0.4) is 0 Å². The van der Waals surface area contributed by atoms with Gasteiger partial charge < -0.3 is 0 Å². The summed E-state index contributed by atoms with van der Waals surface area (Å²) in [5, 5.41) is 0. The molecule has 0 bridgehead atoms. The predicted octanol–water partition coefficient (Wildman–Crippen LogP) is 3.73. The largest absolute Gasteiger partial charge is 0.271 e. The van der Waals surface area contributed by atoms with Gasteiger partial charge in [0.05, 0.1) is 0 Å². The van der Waals surface area contributed by atoms with E-state index in [0.717, 1.165) is 17.3 Å². The number of hydrazine groups is 1. The molecule has 0 saturated heterocycles. The summed E-state index contributed by atoms with van der Waals surface area (Å²) < 4.78 is 14.7. The molecule has 2 nitrogen and oxygen atoms in total. The average Bonchev–Trinajstić information content (AvgIpc) is 2.44. The fraction of sp³-hybridized carbons (Fsp3) is 0.200. The lowest BCUT2D eigenvalue weighted by atomic mass is 9.99. The Kier molecular flexibility index (Phi) is 5.07. The summed E-state index contributed by atoms with van der Waals surface area (Å²) in [6.45, 7) is 0. The van der Waals surface area contributed by atoms with Gasteiger partial charge in [-0.3, -0.25) is 11.3 Å². The second-order valence-electron chi connectivity index (χ2n) is 4.41. The first-order chi connectivity index (χ1) is 9.20. The summed E-state index contributed by atoms with van der Waals surface area (Å²) >= 11 is 3.35. The van der Waals surface area contributed by atoms with Gasteiger partial charge in [0.2, 0.25) is 0 Å². The van der Waals surface area contributed by atoms with Crippen LogP contribution < -0.4 is 11.3 Å². The first-order valence-electron chi connectivity index (χ1n) is 6.15. The summed E-state index contributed by atoms with van der Waals surface area (Å²) in [6.07, 6.45) is 1.59. The SMILES string of the molecule is NNC(CCc1ccccc1)c1cc(Br)ccc1F. The Morgan fingerprint density at radius 3 is 2.58 bits per heavy atom. The van der Waals surface area contributed by atoms with E-state index in [9.17, 15) is 4.39 Å². The van der Waals surface area contributed by atoms with Crippen LogP contribution in [0.2, 0.25) is 0 Å². The monoisotopic (exact) mass is 322 g/mol. The molecule has 0 aliphatic heterocycles. The van der Waals surface area contributed by atoms with Crippen molar-refractivity contribution >= 4 is 15.9 Å². The molecule has 0 saturated carbocycles. The van der Waals surface area contributed by atoms with E-state index in [-0.39, 0.29) is 11.9 Å². The van der Waals surface area contributed by atoms with Crippen LogP contribution in [0.5, 0.6) is 0 Å². The molecule has 1 unspecified atom stereocenters. The fourth-order valence-electron chi connectivity index (χ4n) is 2.07. The van der Waals surface area contributed by atoms with Crippen LogP contribution in [0.15, 0.2) is 53.0 Å². The van der Waals surface area contributed by atoms with E-state index in [1.165, 1.54) is 11.6 Å². The lowest BCUT2D eigenvalue weighted by Crippen LogP contribution is -2.29. The maximum absolute atomic E-state index is 13.8. The third-order valence-corrected chi connectivity index (χ3v) is 3.59. The van der Waals surface area contributed by atoms with Gasteiger partial charge >= 0.3 is 0 Å². The zero-order valence-corrected chi connectivity index (χ0v) is 12.0. The van der Waals surface area contributed by atoms with Crippen molar-refractivity contribution in [2.24, 2.45) is 5.84 Å². The van der Waals surface area contributed by atoms with Crippen molar-refractivity contribution in [1.82, 2.24) is 5.43 Å². The van der Waals surface area contributed by atoms with Crippen molar-refractivity contribution in [2.45, 2.75) is 18.9 Å². The molecule has 0 fully saturated rings. The van der Waals surface area contributed by atoms with Crippen molar-refractivity contribution < 1.29 is 4.39 Å². The molecular formula is C15H16BrFN2. The van der Waals surface area contributed by atoms with Crippen LogP contribution in [-0.2, 0) is 6.42 Å². The van der Waals surface area contributed by atoms with Gasteiger partial charge in [0.1, 0.15) is 5.82 Å². The lowest BCUT2D eigenvalue weighted by Gasteiger charge is -2.17. The van der Waals surface area contributed by atoms with Gasteiger partial charge in [-0.1, -0.05) is 46.3 Å². The number of nitrogens with one attached hydrogen (secondary N) is 1. The third-order valence-electron chi connectivity index (χ3n) is 3.10. The van der Waals surface area contributed by atoms with Gasteiger partial charge in [0, 0.05) is 16.1 Å². The van der Waals surface area contributed by atoms with E-state index >= 15 is 0 Å². The Morgan fingerprint density at radius 1 is 1.16 bits per heavy atom. The summed E-state index contributed by atoms with van der Waals surface area (Å²) in [5.41, 5.74) is 4.51. The molecule has 1 atom stereocenters. The van der Waals surface area contributed by atoms with Gasteiger partial charge in [-0.05, 0) is 36.6 Å². The second kappa shape index (κ2) is 6.80. The number of hydrogen-bond donors (Lipinski definition) is 2. The number of hydrogen-bond acceptors (Lipinski definition) is 2. The molecule has 100 valence electrons. The molecule has 0 amide bonds. The maximum Gasteiger partial charge on any atom is 0.128 e. The van der Waals surface area contributed by atoms with Crippen LogP contribution in [0.1, 0.15) is 23.6 Å². The summed E-state index contributed by atoms with van der Waals surface area (Å²) in [4.78, 5) is 0. The third kappa shape index (κ3) is 3.86. The minimum atomic E-state index is -0.237. The molecule has 19 heavy (non-hydrogen) atoms. The van der Waals surface area contributed by atoms with Gasteiger partial charge in [0.25, 0.3) is 0 Å². The normalized spacial score (nSPS) is 12.4. The summed E-state index contributed by atoms with van der Waals surface area (Å²) in [5.74, 6) is 5.32. The molecule has 2 rings (SSSR count). The highest BCUT2D eigenvalue weighted by molar-refractivity contribution is 9.10. The number of rotatable bonds is 5. The van der Waals surface area contributed by atoms with Crippen molar-refractivity contribution in [2.75, 3.05) is 0 Å². The lowest BCUT2D eigenvalue weighted by molar-refractivity contribution is 0.485. The first-order valence-corrected chi connectivity index (χ1v) is 6.95. The average molecular weight is 323 g/mol. The second-order valence-corrected chi connectivity index (χ2v) is 5.33. The van der Waals surface area contributed by atoms with Crippen molar-refractivity contribution in [1.29, 1.82) is 0 Å². The number of aryl methyl sites for hydroxylation is 1. The number of nitrogens with two attached hydrogens (primary N) is 1. The maximum atomic E-state index is 13.8. The van der Waals surface area contributed by atoms with Gasteiger partial charge in [-0.15, -0.1) is 0 Å². The van der Waals surface area contributed by atoms with E-state index in [4.69, 9.17) is 5.84 Å². The fourth-order valence-corrected chi connectivity index (χ4v) is 2.44. The van der Waals surface area contributed by atoms with Crippen LogP contribution >= 0.6 is 15.9 Å². The molecule has 0 heterocycles. The standard InChI is InChI=1S/C15H16BrFN2/c16-12-7-8-14(17)13(10-12)15(19-18)9-6-11-4-2-1-3-5-11/h1-5,7-8,10,15,19H,6,9,18H2. The van der Waals surface area contributed by atoms with E-state index in [1.54, 1.807) is 12.1 Å². The molecule has 2 aromatic carbocycles. The quantitative estimate of drug-likeness (QED) is 0.650. The molecule has 4 heteroatoms. The highest BCUT2D eigenvalue weighted by Crippen LogP contribution is 2.24. The summed E-state index contributed by atoms with van der Waals surface area (Å²) in [6, 6.07) is 14.8. The Labute approximate surface area is 120 Å². The molecule has 2 aromatic rings. The molecular weight excluding hydrogens is 307 g/mol. The first kappa shape index (κ1) is 14.2. The smallest absolute Gasteiger partial charge is 0.128 e. The highest BCUT2D eigenvalue weighted by Gasteiger charge is 2.14. The Morgan fingerprint density at radius 2 is 1.89 bits per heavy atom. The van der Waals surface area contributed by atoms with Gasteiger partial charge in [-0.25, -0.2) is 4.39 Å². The Bertz CT molecular complexity index is 531. The van der Waals surface area contributed by atoms with Crippen molar-refractivity contribution in [3.8, 4) is 0 Å². The van der Waals surface area contributed by atoms with Gasteiger partial charge in [-0.2, -0.15) is 0 Å². The highest BCUT2D eigenvalue weighted by atomic mass is 79.9. The minimum Gasteiger partial charge on any atom is -0.271 e. The Balaban J connectivity index is 2.10. The van der Waals surface area contributed by atoms with Crippen molar-refractivity contribution in [3.63, 3.8) is 0 Å². The number of halogens is 2. The van der Waals surface area contributed by atoms with Crippen LogP contribution in [-0.4, -0.2) is 0 Å². The van der Waals surface area contributed by atoms with E-state index in [2.05, 4.69) is 33.5 Å². The molecule has 0 aromatic heterocycles. The Hall–Kier alpha value is -1.23. The van der Waals surface area contributed by atoms with Crippen LogP contribution in [0.25, 0.3) is 0 Å². The van der Waals surface area contributed by atoms with E-state index in [1.807, 2.05) is 18.2 Å². The van der Waals surface area contributed by atoms with Gasteiger partial charge in [0.15, 0.2) is 0 Å². The molecule has 3 N–H and O–H groups in total. The minimum absolute atomic E-state index is 0.197. The van der Waals surface area contributed by atoms with Crippen LogP contribution in [0.4, 0.5) is 4.39 Å². The molecule has 0 spiro atoms. The topological polar surface area (TPSA) is 38.0 Å². The van der Waals surface area contributed by atoms with Crippen molar-refractivity contribution in [3.05, 3.63) is 69.9 Å². The van der Waals surface area contributed by atoms with Crippen LogP contribution in [0, 0.1) is 5.82 Å². The molecule has 0 aliphatic rings. The van der Waals surface area contributed by atoms with E-state index < -0.39 is 0 Å². The van der Waals surface area contributed by atoms with E-state index in [0.29, 0.717) is 5.56 Å². The molecule has 0 aliphatic carbocycles. The predicted molar refractivity (Wildman–Crippen MR) is 78.9 cm³/mol. The molecule has 0 radical (unpaired) electrons.